The highest BCUT2D eigenvalue weighted by molar-refractivity contribution is 9.10. The highest BCUT2D eigenvalue weighted by atomic mass is 79.9. The maximum Gasteiger partial charge on any atom is 0.203 e. The number of halogens is 2. The first-order chi connectivity index (χ1) is 9.36. The lowest BCUT2D eigenvalue weighted by molar-refractivity contribution is 0.573. The van der Waals surface area contributed by atoms with Crippen LogP contribution in [0.4, 0.5) is 5.13 Å². The zero-order valence-corrected chi connectivity index (χ0v) is 16.6. The second-order valence-electron chi connectivity index (χ2n) is 5.60. The number of aromatic nitrogens is 1. The summed E-state index contributed by atoms with van der Waals surface area (Å²) in [5.74, 6) is 0. The summed E-state index contributed by atoms with van der Waals surface area (Å²) in [5, 5.41) is 7.29. The summed E-state index contributed by atoms with van der Waals surface area (Å²) in [5.41, 5.74) is 6.21. The largest absolute Gasteiger partial charge is 0.252 e. The fourth-order valence-electron chi connectivity index (χ4n) is 1.56. The van der Waals surface area contributed by atoms with Crippen LogP contribution in [0.25, 0.3) is 0 Å². The molecule has 2 rings (SSSR count). The van der Waals surface area contributed by atoms with E-state index in [0.717, 1.165) is 26.6 Å². The van der Waals surface area contributed by atoms with E-state index < -0.39 is 0 Å². The number of benzene rings is 1. The van der Waals surface area contributed by atoms with E-state index in [2.05, 4.69) is 57.6 Å². The molecule has 1 heterocycles. The van der Waals surface area contributed by atoms with Crippen LogP contribution in [0.1, 0.15) is 39.0 Å². The Bertz CT molecular complexity index is 613. The van der Waals surface area contributed by atoms with E-state index in [1.165, 1.54) is 0 Å². The van der Waals surface area contributed by atoms with E-state index in [-0.39, 0.29) is 22.4 Å². The summed E-state index contributed by atoms with van der Waals surface area (Å²) >= 11 is 5.01. The molecule has 0 fully saturated rings. The van der Waals surface area contributed by atoms with E-state index in [1.807, 2.05) is 31.2 Å². The zero-order valence-electron chi connectivity index (χ0n) is 12.5. The molecule has 114 valence electrons. The molecule has 0 aliphatic carbocycles. The van der Waals surface area contributed by atoms with Crippen molar-refractivity contribution in [3.63, 3.8) is 0 Å². The van der Waals surface area contributed by atoms with Gasteiger partial charge in [0.15, 0.2) is 0 Å². The molecule has 0 aliphatic heterocycles. The molecule has 0 spiro atoms. The van der Waals surface area contributed by atoms with Gasteiger partial charge in [-0.1, -0.05) is 48.8 Å². The normalized spacial score (nSPS) is 12.0. The zero-order chi connectivity index (χ0) is 14.8. The summed E-state index contributed by atoms with van der Waals surface area (Å²) in [4.78, 5) is 4.55. The van der Waals surface area contributed by atoms with E-state index in [9.17, 15) is 0 Å². The van der Waals surface area contributed by atoms with E-state index in [4.69, 9.17) is 0 Å². The molecule has 0 saturated carbocycles. The van der Waals surface area contributed by atoms with Crippen LogP contribution in [0.2, 0.25) is 0 Å². The third-order valence-corrected chi connectivity index (χ3v) is 4.13. The van der Waals surface area contributed by atoms with Gasteiger partial charge in [-0.2, -0.15) is 5.10 Å². The monoisotopic (exact) mass is 431 g/mol. The molecule has 0 radical (unpaired) electrons. The van der Waals surface area contributed by atoms with Crippen LogP contribution < -0.4 is 5.43 Å². The van der Waals surface area contributed by atoms with Gasteiger partial charge in [-0.05, 0) is 24.6 Å². The van der Waals surface area contributed by atoms with Crippen molar-refractivity contribution in [1.29, 1.82) is 0 Å². The van der Waals surface area contributed by atoms with Crippen molar-refractivity contribution in [2.24, 2.45) is 5.10 Å². The summed E-state index contributed by atoms with van der Waals surface area (Å²) < 4.78 is 1.07. The van der Waals surface area contributed by atoms with Crippen molar-refractivity contribution in [2.45, 2.75) is 33.1 Å². The molecule has 0 aliphatic rings. The number of nitrogens with one attached hydrogen (secondary N) is 1. The van der Waals surface area contributed by atoms with Gasteiger partial charge in [0.05, 0.1) is 11.4 Å². The average molecular weight is 433 g/mol. The van der Waals surface area contributed by atoms with Gasteiger partial charge in [-0.25, -0.2) is 4.98 Å². The molecule has 0 unspecified atom stereocenters. The van der Waals surface area contributed by atoms with E-state index in [1.54, 1.807) is 11.3 Å². The summed E-state index contributed by atoms with van der Waals surface area (Å²) in [6, 6.07) is 8.09. The van der Waals surface area contributed by atoms with E-state index >= 15 is 0 Å². The van der Waals surface area contributed by atoms with Gasteiger partial charge in [-0.3, -0.25) is 5.43 Å². The van der Waals surface area contributed by atoms with Crippen molar-refractivity contribution in [3.05, 3.63) is 45.4 Å². The maximum atomic E-state index is 4.55. The third kappa shape index (κ3) is 5.20. The SMILES string of the molecule is Br.CC(=NNc1nc(C(C)(C)C)cs1)c1ccc(Br)cc1. The molecule has 0 bridgehead atoms. The predicted molar refractivity (Wildman–Crippen MR) is 101 cm³/mol. The van der Waals surface area contributed by atoms with Gasteiger partial charge in [0.25, 0.3) is 0 Å². The molecule has 1 aromatic heterocycles. The molecule has 0 amide bonds. The van der Waals surface area contributed by atoms with Crippen LogP contribution in [0.15, 0.2) is 39.2 Å². The minimum Gasteiger partial charge on any atom is -0.252 e. The molecule has 3 nitrogen and oxygen atoms in total. The predicted octanol–water partition coefficient (Wildman–Crippen LogP) is 5.62. The summed E-state index contributed by atoms with van der Waals surface area (Å²) in [7, 11) is 0. The molecular weight excluding hydrogens is 414 g/mol. The number of hydrogen-bond donors (Lipinski definition) is 1. The van der Waals surface area contributed by atoms with Gasteiger partial charge < -0.3 is 0 Å². The first-order valence-corrected chi connectivity index (χ1v) is 8.06. The van der Waals surface area contributed by atoms with Crippen LogP contribution in [-0.2, 0) is 5.41 Å². The van der Waals surface area contributed by atoms with Crippen molar-refractivity contribution in [2.75, 3.05) is 5.43 Å². The average Bonchev–Trinajstić information content (AvgIpc) is 2.85. The number of anilines is 1. The first-order valence-electron chi connectivity index (χ1n) is 6.38. The van der Waals surface area contributed by atoms with Crippen molar-refractivity contribution in [3.8, 4) is 0 Å². The third-order valence-electron chi connectivity index (χ3n) is 2.85. The molecule has 1 aromatic carbocycles. The first kappa shape index (κ1) is 18.3. The quantitative estimate of drug-likeness (QED) is 0.504. The lowest BCUT2D eigenvalue weighted by Gasteiger charge is -2.13. The Labute approximate surface area is 148 Å². The van der Waals surface area contributed by atoms with Crippen LogP contribution in [-0.4, -0.2) is 10.7 Å². The Morgan fingerprint density at radius 2 is 1.86 bits per heavy atom. The van der Waals surface area contributed by atoms with Crippen molar-refractivity contribution >= 4 is 55.1 Å². The van der Waals surface area contributed by atoms with Gasteiger partial charge in [-0.15, -0.1) is 28.3 Å². The highest BCUT2D eigenvalue weighted by Crippen LogP contribution is 2.26. The molecular formula is C15H19Br2N3S. The molecule has 1 N–H and O–H groups in total. The van der Waals surface area contributed by atoms with Crippen LogP contribution >= 0.6 is 44.2 Å². The number of hydrazone groups is 1. The van der Waals surface area contributed by atoms with Crippen molar-refractivity contribution < 1.29 is 0 Å². The number of rotatable bonds is 3. The maximum absolute atomic E-state index is 4.55. The minimum atomic E-state index is 0. The summed E-state index contributed by atoms with van der Waals surface area (Å²) in [6.07, 6.45) is 0. The molecule has 6 heteroatoms. The Hall–Kier alpha value is -0.720. The molecule has 2 aromatic rings. The second kappa shape index (κ2) is 7.51. The van der Waals surface area contributed by atoms with Gasteiger partial charge in [0.1, 0.15) is 0 Å². The van der Waals surface area contributed by atoms with Crippen LogP contribution in [0.3, 0.4) is 0 Å². The van der Waals surface area contributed by atoms with E-state index in [0.29, 0.717) is 0 Å². The Morgan fingerprint density at radius 3 is 2.38 bits per heavy atom. The topological polar surface area (TPSA) is 37.3 Å². The van der Waals surface area contributed by atoms with Crippen molar-refractivity contribution in [1.82, 2.24) is 4.98 Å². The second-order valence-corrected chi connectivity index (χ2v) is 7.38. The van der Waals surface area contributed by atoms with Gasteiger partial charge in [0, 0.05) is 15.3 Å². The number of nitrogens with zero attached hydrogens (tertiary/aromatic N) is 2. The number of thiazole rings is 1. The minimum absolute atomic E-state index is 0. The molecule has 0 saturated heterocycles. The fourth-order valence-corrected chi connectivity index (χ4v) is 2.70. The summed E-state index contributed by atoms with van der Waals surface area (Å²) in [6.45, 7) is 8.45. The highest BCUT2D eigenvalue weighted by Gasteiger charge is 2.17. The smallest absolute Gasteiger partial charge is 0.203 e. The lowest BCUT2D eigenvalue weighted by Crippen LogP contribution is -2.11. The molecule has 21 heavy (non-hydrogen) atoms. The van der Waals surface area contributed by atoms with Crippen LogP contribution in [0.5, 0.6) is 0 Å². The Morgan fingerprint density at radius 1 is 1.24 bits per heavy atom. The Balaban J connectivity index is 0.00000220. The van der Waals surface area contributed by atoms with Gasteiger partial charge in [0.2, 0.25) is 5.13 Å². The fraction of sp³-hybridized carbons (Fsp3) is 0.333. The van der Waals surface area contributed by atoms with Crippen LogP contribution in [0, 0.1) is 0 Å². The molecule has 0 atom stereocenters. The standard InChI is InChI=1S/C15H18BrN3S.BrH/c1-10(11-5-7-12(16)8-6-11)18-19-14-17-13(9-20-14)15(2,3)4;/h5-9H,1-4H3,(H,17,19);1H. The lowest BCUT2D eigenvalue weighted by atomic mass is 9.93. The number of hydrogen-bond acceptors (Lipinski definition) is 4. The van der Waals surface area contributed by atoms with Gasteiger partial charge >= 0.3 is 0 Å². The Kier molecular flexibility index (Phi) is 6.56.